The van der Waals surface area contributed by atoms with Crippen molar-refractivity contribution in [2.24, 2.45) is 0 Å². The highest BCUT2D eigenvalue weighted by Crippen LogP contribution is 2.12. The van der Waals surface area contributed by atoms with Gasteiger partial charge in [-0.3, -0.25) is 4.90 Å². The molecule has 1 N–H and O–H groups in total. The summed E-state index contributed by atoms with van der Waals surface area (Å²) in [4.78, 5) is 2.28. The van der Waals surface area contributed by atoms with Gasteiger partial charge in [-0.15, -0.1) is 0 Å². The summed E-state index contributed by atoms with van der Waals surface area (Å²) in [6.45, 7) is 7.28. The van der Waals surface area contributed by atoms with Crippen LogP contribution in [0, 0.1) is 0 Å². The molecule has 0 radical (unpaired) electrons. The van der Waals surface area contributed by atoms with Crippen molar-refractivity contribution in [3.8, 4) is 0 Å². The number of hydrogen-bond donors (Lipinski definition) is 1. The van der Waals surface area contributed by atoms with Gasteiger partial charge >= 0.3 is 0 Å². The molecule has 0 aromatic heterocycles. The summed E-state index contributed by atoms with van der Waals surface area (Å²) in [6.07, 6.45) is 0.474. The predicted octanol–water partition coefficient (Wildman–Crippen LogP) is -0.429. The van der Waals surface area contributed by atoms with Gasteiger partial charge in [-0.2, -0.15) is 17.0 Å². The molecule has 0 amide bonds. The van der Waals surface area contributed by atoms with Crippen LogP contribution in [-0.4, -0.2) is 79.5 Å². The highest BCUT2D eigenvalue weighted by molar-refractivity contribution is 7.86. The molecule has 1 rings (SSSR count). The number of piperazine rings is 1. The normalized spacial score (nSPS) is 19.9. The van der Waals surface area contributed by atoms with Crippen LogP contribution in [0.15, 0.2) is 0 Å². The molecular weight excluding hydrogens is 254 g/mol. The van der Waals surface area contributed by atoms with Gasteiger partial charge in [-0.25, -0.2) is 0 Å². The van der Waals surface area contributed by atoms with Crippen LogP contribution in [0.5, 0.6) is 0 Å². The van der Waals surface area contributed by atoms with Crippen LogP contribution >= 0.6 is 0 Å². The van der Waals surface area contributed by atoms with E-state index < -0.39 is 10.2 Å². The number of hydrogen-bond acceptors (Lipinski definition) is 4. The molecule has 1 aliphatic rings. The largest absolute Gasteiger partial charge is 0.396 e. The van der Waals surface area contributed by atoms with Gasteiger partial charge in [-0.05, 0) is 20.3 Å². The number of nitrogens with zero attached hydrogens (tertiary/aromatic N) is 3. The van der Waals surface area contributed by atoms with Gasteiger partial charge in [0.15, 0.2) is 0 Å². The van der Waals surface area contributed by atoms with Crippen LogP contribution in [0.4, 0.5) is 0 Å². The molecule has 1 aliphatic heterocycles. The van der Waals surface area contributed by atoms with E-state index in [4.69, 9.17) is 5.11 Å². The molecule has 0 bridgehead atoms. The fourth-order valence-corrected chi connectivity index (χ4v) is 3.44. The molecule has 18 heavy (non-hydrogen) atoms. The Balaban J connectivity index is 2.55. The molecule has 1 fully saturated rings. The van der Waals surface area contributed by atoms with E-state index in [0.717, 1.165) is 13.1 Å². The van der Waals surface area contributed by atoms with E-state index in [9.17, 15) is 8.42 Å². The molecule has 0 saturated carbocycles. The first-order valence-electron chi connectivity index (χ1n) is 6.46. The Bertz CT molecular complexity index is 337. The van der Waals surface area contributed by atoms with Crippen LogP contribution in [0.2, 0.25) is 0 Å². The van der Waals surface area contributed by atoms with Crippen LogP contribution < -0.4 is 0 Å². The first-order valence-corrected chi connectivity index (χ1v) is 7.85. The molecule has 1 saturated heterocycles. The van der Waals surface area contributed by atoms with Crippen LogP contribution in [0.25, 0.3) is 0 Å². The molecule has 0 atom stereocenters. The standard InChI is InChI=1S/C11H25N3O3S/c1-11(2)13-6-8-14(9-7-13)18(16,17)12(3)5-4-10-15/h11,15H,4-10H2,1-3H3. The van der Waals surface area contributed by atoms with E-state index in [-0.39, 0.29) is 6.61 Å². The van der Waals surface area contributed by atoms with Crippen LogP contribution in [0.1, 0.15) is 20.3 Å². The van der Waals surface area contributed by atoms with E-state index in [1.165, 1.54) is 8.61 Å². The fourth-order valence-electron chi connectivity index (χ4n) is 2.06. The lowest BCUT2D eigenvalue weighted by atomic mass is 10.3. The van der Waals surface area contributed by atoms with E-state index >= 15 is 0 Å². The third-order valence-electron chi connectivity index (χ3n) is 3.35. The Labute approximate surface area is 110 Å². The minimum absolute atomic E-state index is 0.0149. The molecule has 0 unspecified atom stereocenters. The number of aliphatic hydroxyl groups excluding tert-OH is 1. The van der Waals surface area contributed by atoms with E-state index in [0.29, 0.717) is 32.1 Å². The van der Waals surface area contributed by atoms with Crippen LogP contribution in [-0.2, 0) is 10.2 Å². The zero-order chi connectivity index (χ0) is 13.8. The Morgan fingerprint density at radius 3 is 2.22 bits per heavy atom. The van der Waals surface area contributed by atoms with Gasteiger partial charge in [-0.1, -0.05) is 0 Å². The number of rotatable bonds is 6. The maximum atomic E-state index is 12.2. The topological polar surface area (TPSA) is 64.1 Å². The summed E-state index contributed by atoms with van der Waals surface area (Å²) in [7, 11) is -1.79. The van der Waals surface area contributed by atoms with Crippen molar-refractivity contribution in [3.63, 3.8) is 0 Å². The predicted molar refractivity (Wildman–Crippen MR) is 71.5 cm³/mol. The minimum atomic E-state index is -3.35. The average molecular weight is 279 g/mol. The molecular formula is C11H25N3O3S. The molecule has 0 aromatic carbocycles. The average Bonchev–Trinajstić information content (AvgIpc) is 2.35. The zero-order valence-electron chi connectivity index (χ0n) is 11.5. The molecule has 0 aliphatic carbocycles. The molecule has 7 heteroatoms. The Kier molecular flexibility index (Phi) is 6.00. The van der Waals surface area contributed by atoms with E-state index in [1.54, 1.807) is 7.05 Å². The van der Waals surface area contributed by atoms with Crippen molar-refractivity contribution in [1.29, 1.82) is 0 Å². The summed E-state index contributed by atoms with van der Waals surface area (Å²) in [6, 6.07) is 0.460. The van der Waals surface area contributed by atoms with Gasteiger partial charge in [0, 0.05) is 52.4 Å². The highest BCUT2D eigenvalue weighted by Gasteiger charge is 2.30. The molecule has 6 nitrogen and oxygen atoms in total. The third kappa shape index (κ3) is 3.89. The van der Waals surface area contributed by atoms with Gasteiger partial charge in [0.2, 0.25) is 0 Å². The van der Waals surface area contributed by atoms with Crippen molar-refractivity contribution in [1.82, 2.24) is 13.5 Å². The smallest absolute Gasteiger partial charge is 0.281 e. The Morgan fingerprint density at radius 1 is 1.22 bits per heavy atom. The number of aliphatic hydroxyl groups is 1. The fraction of sp³-hybridized carbons (Fsp3) is 1.00. The molecule has 108 valence electrons. The lowest BCUT2D eigenvalue weighted by Crippen LogP contribution is -2.53. The zero-order valence-corrected chi connectivity index (χ0v) is 12.4. The first kappa shape index (κ1) is 15.8. The Hall–Kier alpha value is -0.210. The summed E-state index contributed by atoms with van der Waals surface area (Å²) < 4.78 is 27.3. The lowest BCUT2D eigenvalue weighted by molar-refractivity contribution is 0.149. The van der Waals surface area contributed by atoms with Crippen molar-refractivity contribution in [3.05, 3.63) is 0 Å². The maximum absolute atomic E-state index is 12.2. The van der Waals surface area contributed by atoms with Crippen molar-refractivity contribution < 1.29 is 13.5 Å². The highest BCUT2D eigenvalue weighted by atomic mass is 32.2. The maximum Gasteiger partial charge on any atom is 0.281 e. The summed E-state index contributed by atoms with van der Waals surface area (Å²) in [5.74, 6) is 0. The SMILES string of the molecule is CC(C)N1CCN(S(=O)(=O)N(C)CCCO)CC1. The first-order chi connectivity index (χ1) is 8.39. The lowest BCUT2D eigenvalue weighted by Gasteiger charge is -2.37. The quantitative estimate of drug-likeness (QED) is 0.717. The summed E-state index contributed by atoms with van der Waals surface area (Å²) >= 11 is 0. The molecule has 0 spiro atoms. The monoisotopic (exact) mass is 279 g/mol. The van der Waals surface area contributed by atoms with Crippen molar-refractivity contribution >= 4 is 10.2 Å². The minimum Gasteiger partial charge on any atom is -0.396 e. The van der Waals surface area contributed by atoms with Crippen molar-refractivity contribution in [2.45, 2.75) is 26.3 Å². The van der Waals surface area contributed by atoms with Gasteiger partial charge in [0.05, 0.1) is 0 Å². The van der Waals surface area contributed by atoms with E-state index in [1.807, 2.05) is 0 Å². The van der Waals surface area contributed by atoms with Crippen LogP contribution in [0.3, 0.4) is 0 Å². The summed E-state index contributed by atoms with van der Waals surface area (Å²) in [5.41, 5.74) is 0. The third-order valence-corrected chi connectivity index (χ3v) is 5.34. The van der Waals surface area contributed by atoms with Crippen molar-refractivity contribution in [2.75, 3.05) is 46.4 Å². The van der Waals surface area contributed by atoms with E-state index in [2.05, 4.69) is 18.7 Å². The second kappa shape index (κ2) is 6.81. The van der Waals surface area contributed by atoms with Gasteiger partial charge < -0.3 is 5.11 Å². The van der Waals surface area contributed by atoms with Gasteiger partial charge in [0.1, 0.15) is 0 Å². The molecule has 0 aromatic rings. The second-order valence-corrected chi connectivity index (χ2v) is 6.97. The Morgan fingerprint density at radius 2 is 1.78 bits per heavy atom. The molecule has 1 heterocycles. The summed E-state index contributed by atoms with van der Waals surface area (Å²) in [5, 5.41) is 8.75. The van der Waals surface area contributed by atoms with Gasteiger partial charge in [0.25, 0.3) is 10.2 Å². The second-order valence-electron chi connectivity index (χ2n) is 4.94.